The molecule has 14 heavy (non-hydrogen) atoms. The highest BCUT2D eigenvalue weighted by molar-refractivity contribution is 7.84. The predicted molar refractivity (Wildman–Crippen MR) is 62.0 cm³/mol. The van der Waals surface area contributed by atoms with Crippen LogP contribution in [-0.2, 0) is 15.3 Å². The first-order chi connectivity index (χ1) is 6.61. The second-order valence-corrected chi connectivity index (χ2v) is 3.95. The van der Waals surface area contributed by atoms with Crippen molar-refractivity contribution in [3.8, 4) is 0 Å². The van der Waals surface area contributed by atoms with Crippen molar-refractivity contribution in [2.75, 3.05) is 6.61 Å². The fourth-order valence-electron chi connectivity index (χ4n) is 0.667. The molecule has 0 aliphatic heterocycles. The first-order valence-electron chi connectivity index (χ1n) is 4.26. The molecule has 1 atom stereocenters. The van der Waals surface area contributed by atoms with E-state index in [0.717, 1.165) is 5.57 Å². The number of hydrogen-bond acceptors (Lipinski definition) is 2. The van der Waals surface area contributed by atoms with Gasteiger partial charge in [-0.1, -0.05) is 30.9 Å². The summed E-state index contributed by atoms with van der Waals surface area (Å²) in [6.07, 6.45) is 5.38. The van der Waals surface area contributed by atoms with Crippen LogP contribution < -0.4 is 0 Å². The third-order valence-electron chi connectivity index (χ3n) is 1.39. The van der Waals surface area contributed by atoms with Crippen LogP contribution in [0.25, 0.3) is 0 Å². The molecule has 0 aromatic carbocycles. The molecule has 0 aliphatic rings. The van der Waals surface area contributed by atoms with Gasteiger partial charge in [0.25, 0.3) is 0 Å². The lowest BCUT2D eigenvalue weighted by atomic mass is 10.3. The fourth-order valence-corrected chi connectivity index (χ4v) is 1.38. The van der Waals surface area contributed by atoms with Gasteiger partial charge in [-0.05, 0) is 19.4 Å². The highest BCUT2D eigenvalue weighted by Crippen LogP contribution is 2.06. The molecular weight excluding hydrogens is 196 g/mol. The molecular formula is C11H16O2S. The monoisotopic (exact) mass is 212 g/mol. The van der Waals surface area contributed by atoms with Crippen LogP contribution in [0.4, 0.5) is 0 Å². The molecule has 0 aliphatic carbocycles. The molecule has 0 N–H and O–H groups in total. The Balaban J connectivity index is 4.06. The van der Waals surface area contributed by atoms with Crippen LogP contribution in [0.1, 0.15) is 13.3 Å². The Hall–Kier alpha value is -0.930. The van der Waals surface area contributed by atoms with Gasteiger partial charge in [-0.3, -0.25) is 4.18 Å². The molecule has 2 nitrogen and oxygen atoms in total. The van der Waals surface area contributed by atoms with Crippen LogP contribution in [0.3, 0.4) is 0 Å². The molecule has 3 heteroatoms. The summed E-state index contributed by atoms with van der Waals surface area (Å²) in [6, 6.07) is 0. The van der Waals surface area contributed by atoms with E-state index in [0.29, 0.717) is 17.9 Å². The van der Waals surface area contributed by atoms with Gasteiger partial charge >= 0.3 is 0 Å². The van der Waals surface area contributed by atoms with Crippen LogP contribution in [-0.4, -0.2) is 10.8 Å². The lowest BCUT2D eigenvalue weighted by Crippen LogP contribution is -2.00. The summed E-state index contributed by atoms with van der Waals surface area (Å²) in [5.74, 6) is 0. The highest BCUT2D eigenvalue weighted by atomic mass is 32.2. The van der Waals surface area contributed by atoms with Crippen LogP contribution in [0, 0.1) is 0 Å². The van der Waals surface area contributed by atoms with Crippen LogP contribution >= 0.6 is 0 Å². The second kappa shape index (κ2) is 7.47. The van der Waals surface area contributed by atoms with E-state index < -0.39 is 11.1 Å². The lowest BCUT2D eigenvalue weighted by molar-refractivity contribution is 0.355. The maximum Gasteiger partial charge on any atom is 0.189 e. The molecule has 0 aromatic heterocycles. The molecule has 0 spiro atoms. The predicted octanol–water partition coefficient (Wildman–Crippen LogP) is 2.89. The summed E-state index contributed by atoms with van der Waals surface area (Å²) in [4.78, 5) is 0.529. The summed E-state index contributed by atoms with van der Waals surface area (Å²) >= 11 is -1.44. The Morgan fingerprint density at radius 2 is 2.14 bits per heavy atom. The van der Waals surface area contributed by atoms with Crippen molar-refractivity contribution in [2.45, 2.75) is 13.3 Å². The minimum Gasteiger partial charge on any atom is -0.286 e. The summed E-state index contributed by atoms with van der Waals surface area (Å²) in [6.45, 7) is 13.1. The molecule has 0 saturated heterocycles. The van der Waals surface area contributed by atoms with E-state index in [4.69, 9.17) is 4.18 Å². The SMILES string of the molecule is C=C/C=C(\C=C)S(=O)OCCC(=C)C. The first kappa shape index (κ1) is 13.1. The minimum absolute atomic E-state index is 0.407. The Morgan fingerprint density at radius 3 is 2.57 bits per heavy atom. The van der Waals surface area contributed by atoms with Gasteiger partial charge in [-0.2, -0.15) is 0 Å². The quantitative estimate of drug-likeness (QED) is 0.479. The maximum absolute atomic E-state index is 11.4. The van der Waals surface area contributed by atoms with Crippen molar-refractivity contribution in [3.63, 3.8) is 0 Å². The van der Waals surface area contributed by atoms with Crippen molar-refractivity contribution in [1.82, 2.24) is 0 Å². The zero-order chi connectivity index (χ0) is 11.0. The Kier molecular flexibility index (Phi) is 6.98. The minimum atomic E-state index is -1.44. The number of rotatable bonds is 7. The average Bonchev–Trinajstić information content (AvgIpc) is 2.13. The van der Waals surface area contributed by atoms with Crippen molar-refractivity contribution in [1.29, 1.82) is 0 Å². The molecule has 0 heterocycles. The van der Waals surface area contributed by atoms with Gasteiger partial charge in [0.2, 0.25) is 0 Å². The summed E-state index contributed by atoms with van der Waals surface area (Å²) < 4.78 is 16.5. The van der Waals surface area contributed by atoms with E-state index >= 15 is 0 Å². The Labute approximate surface area is 88.3 Å². The highest BCUT2D eigenvalue weighted by Gasteiger charge is 2.03. The molecule has 78 valence electrons. The van der Waals surface area contributed by atoms with E-state index in [1.54, 1.807) is 12.2 Å². The molecule has 1 unspecified atom stereocenters. The number of hydrogen-bond donors (Lipinski definition) is 0. The zero-order valence-electron chi connectivity index (χ0n) is 8.49. The van der Waals surface area contributed by atoms with E-state index in [1.165, 1.54) is 6.08 Å². The van der Waals surface area contributed by atoms with Crippen molar-refractivity contribution < 1.29 is 8.39 Å². The van der Waals surface area contributed by atoms with Crippen molar-refractivity contribution in [3.05, 3.63) is 48.4 Å². The normalized spacial score (nSPS) is 13.4. The third-order valence-corrected chi connectivity index (χ3v) is 2.46. The van der Waals surface area contributed by atoms with Gasteiger partial charge in [0.1, 0.15) is 0 Å². The topological polar surface area (TPSA) is 26.3 Å². The zero-order valence-corrected chi connectivity index (χ0v) is 9.31. The first-order valence-corrected chi connectivity index (χ1v) is 5.34. The fraction of sp³-hybridized carbons (Fsp3) is 0.273. The summed E-state index contributed by atoms with van der Waals surface area (Å²) in [5, 5.41) is 0. The van der Waals surface area contributed by atoms with E-state index in [1.807, 2.05) is 6.92 Å². The summed E-state index contributed by atoms with van der Waals surface area (Å²) in [7, 11) is 0. The molecule has 0 bridgehead atoms. The molecule has 0 aromatic rings. The van der Waals surface area contributed by atoms with Gasteiger partial charge in [0.15, 0.2) is 11.1 Å². The standard InChI is InChI=1S/C11H16O2S/c1-5-7-11(6-2)14(12)13-9-8-10(3)4/h5-7H,1-3,8-9H2,4H3/b11-7+. The average molecular weight is 212 g/mol. The summed E-state index contributed by atoms with van der Waals surface area (Å²) in [5.41, 5.74) is 1.01. The van der Waals surface area contributed by atoms with Gasteiger partial charge < -0.3 is 0 Å². The van der Waals surface area contributed by atoms with Crippen LogP contribution in [0.2, 0.25) is 0 Å². The van der Waals surface area contributed by atoms with E-state index in [9.17, 15) is 4.21 Å². The van der Waals surface area contributed by atoms with Crippen LogP contribution in [0.5, 0.6) is 0 Å². The van der Waals surface area contributed by atoms with Crippen molar-refractivity contribution >= 4 is 11.1 Å². The van der Waals surface area contributed by atoms with E-state index in [-0.39, 0.29) is 0 Å². The smallest absolute Gasteiger partial charge is 0.189 e. The molecule has 0 saturated carbocycles. The maximum atomic E-state index is 11.4. The molecule has 0 rings (SSSR count). The van der Waals surface area contributed by atoms with Crippen LogP contribution in [0.15, 0.2) is 48.4 Å². The molecule has 0 amide bonds. The largest absolute Gasteiger partial charge is 0.286 e. The molecule has 0 fully saturated rings. The Bertz CT molecular complexity index is 277. The van der Waals surface area contributed by atoms with Gasteiger partial charge in [-0.15, -0.1) is 6.58 Å². The second-order valence-electron chi connectivity index (χ2n) is 2.77. The van der Waals surface area contributed by atoms with Gasteiger partial charge in [0.05, 0.1) is 11.5 Å². The lowest BCUT2D eigenvalue weighted by Gasteiger charge is -2.03. The Morgan fingerprint density at radius 1 is 1.50 bits per heavy atom. The number of allylic oxidation sites excluding steroid dienone is 3. The third kappa shape index (κ3) is 5.67. The van der Waals surface area contributed by atoms with Gasteiger partial charge in [-0.25, -0.2) is 4.21 Å². The molecule has 0 radical (unpaired) electrons. The van der Waals surface area contributed by atoms with Crippen molar-refractivity contribution in [2.24, 2.45) is 0 Å². The van der Waals surface area contributed by atoms with E-state index in [2.05, 4.69) is 19.7 Å². The van der Waals surface area contributed by atoms with Gasteiger partial charge in [0, 0.05) is 0 Å².